The number of hydrogen-bond donors (Lipinski definition) is 2. The second kappa shape index (κ2) is 5.40. The van der Waals surface area contributed by atoms with E-state index in [2.05, 4.69) is 21.2 Å². The van der Waals surface area contributed by atoms with Crippen molar-refractivity contribution in [3.63, 3.8) is 0 Å². The Kier molecular flexibility index (Phi) is 3.73. The summed E-state index contributed by atoms with van der Waals surface area (Å²) in [4.78, 5) is 23.7. The van der Waals surface area contributed by atoms with Gasteiger partial charge in [0.15, 0.2) is 0 Å². The zero-order chi connectivity index (χ0) is 15.1. The topological polar surface area (TPSA) is 66.4 Å². The van der Waals surface area contributed by atoms with Crippen LogP contribution in [0.5, 0.6) is 0 Å². The maximum absolute atomic E-state index is 13.8. The van der Waals surface area contributed by atoms with E-state index < -0.39 is 29.7 Å². The normalized spacial score (nSPS) is 30.4. The van der Waals surface area contributed by atoms with Gasteiger partial charge in [0, 0.05) is 10.5 Å². The van der Waals surface area contributed by atoms with Crippen LogP contribution in [0.3, 0.4) is 0 Å². The SMILES string of the molecule is O=C(NC1C2CCC(C2)C1C(=O)O)c1c(F)cccc1Br. The van der Waals surface area contributed by atoms with Gasteiger partial charge in [-0.1, -0.05) is 6.07 Å². The molecule has 2 N–H and O–H groups in total. The van der Waals surface area contributed by atoms with Gasteiger partial charge in [0.2, 0.25) is 0 Å². The first kappa shape index (κ1) is 14.5. The Morgan fingerprint density at radius 2 is 2.00 bits per heavy atom. The van der Waals surface area contributed by atoms with Crippen molar-refractivity contribution in [2.45, 2.75) is 25.3 Å². The third kappa shape index (κ3) is 2.46. The smallest absolute Gasteiger partial charge is 0.308 e. The summed E-state index contributed by atoms with van der Waals surface area (Å²) in [6.45, 7) is 0. The Balaban J connectivity index is 1.83. The summed E-state index contributed by atoms with van der Waals surface area (Å²) in [6, 6.07) is 3.91. The molecule has 2 bridgehead atoms. The monoisotopic (exact) mass is 355 g/mol. The first-order valence-electron chi connectivity index (χ1n) is 6.96. The van der Waals surface area contributed by atoms with Crippen LogP contribution >= 0.6 is 15.9 Å². The van der Waals surface area contributed by atoms with E-state index >= 15 is 0 Å². The van der Waals surface area contributed by atoms with E-state index in [4.69, 9.17) is 0 Å². The fourth-order valence-corrected chi connectivity index (χ4v) is 4.31. The summed E-state index contributed by atoms with van der Waals surface area (Å²) >= 11 is 3.16. The van der Waals surface area contributed by atoms with Gasteiger partial charge in [-0.2, -0.15) is 0 Å². The first-order valence-corrected chi connectivity index (χ1v) is 7.76. The predicted octanol–water partition coefficient (Wildman–Crippen LogP) is 2.82. The second-order valence-electron chi connectivity index (χ2n) is 5.79. The number of halogens is 2. The van der Waals surface area contributed by atoms with Gasteiger partial charge in [0.25, 0.3) is 5.91 Å². The van der Waals surface area contributed by atoms with Crippen LogP contribution in [0.2, 0.25) is 0 Å². The van der Waals surface area contributed by atoms with Gasteiger partial charge in [0.1, 0.15) is 5.82 Å². The summed E-state index contributed by atoms with van der Waals surface area (Å²) in [5, 5.41) is 12.1. The van der Waals surface area contributed by atoms with Crippen molar-refractivity contribution < 1.29 is 19.1 Å². The summed E-state index contributed by atoms with van der Waals surface area (Å²) in [5.74, 6) is -2.29. The number of nitrogens with one attached hydrogen (secondary N) is 1. The molecule has 21 heavy (non-hydrogen) atoms. The van der Waals surface area contributed by atoms with Crippen molar-refractivity contribution in [2.24, 2.45) is 17.8 Å². The lowest BCUT2D eigenvalue weighted by Crippen LogP contribution is -2.47. The minimum absolute atomic E-state index is 0.0654. The lowest BCUT2D eigenvalue weighted by molar-refractivity contribution is -0.144. The molecule has 4 atom stereocenters. The van der Waals surface area contributed by atoms with Crippen molar-refractivity contribution in [1.82, 2.24) is 5.32 Å². The zero-order valence-corrected chi connectivity index (χ0v) is 12.8. The molecular formula is C15H15BrFNO3. The molecule has 0 saturated heterocycles. The third-order valence-electron chi connectivity index (χ3n) is 4.69. The molecule has 2 fully saturated rings. The number of carboxylic acid groups (broad SMARTS) is 1. The molecule has 1 amide bonds. The summed E-state index contributed by atoms with van der Waals surface area (Å²) in [5.41, 5.74) is -0.0654. The molecule has 2 saturated carbocycles. The second-order valence-corrected chi connectivity index (χ2v) is 6.65. The molecule has 3 rings (SSSR count). The van der Waals surface area contributed by atoms with Crippen LogP contribution in [0.4, 0.5) is 4.39 Å². The molecule has 4 nitrogen and oxygen atoms in total. The van der Waals surface area contributed by atoms with Crippen molar-refractivity contribution in [1.29, 1.82) is 0 Å². The number of amides is 1. The van der Waals surface area contributed by atoms with Gasteiger partial charge in [-0.3, -0.25) is 9.59 Å². The fourth-order valence-electron chi connectivity index (χ4n) is 3.79. The maximum Gasteiger partial charge on any atom is 0.308 e. The Morgan fingerprint density at radius 3 is 2.67 bits per heavy atom. The van der Waals surface area contributed by atoms with Gasteiger partial charge >= 0.3 is 5.97 Å². The number of rotatable bonds is 3. The predicted molar refractivity (Wildman–Crippen MR) is 77.3 cm³/mol. The third-order valence-corrected chi connectivity index (χ3v) is 5.35. The van der Waals surface area contributed by atoms with Gasteiger partial charge < -0.3 is 10.4 Å². The molecule has 0 aromatic heterocycles. The molecule has 0 aliphatic heterocycles. The molecule has 0 heterocycles. The highest BCUT2D eigenvalue weighted by Crippen LogP contribution is 2.48. The number of carboxylic acids is 1. The molecule has 112 valence electrons. The van der Waals surface area contributed by atoms with E-state index in [9.17, 15) is 19.1 Å². The Bertz CT molecular complexity index is 586. The van der Waals surface area contributed by atoms with Crippen LogP contribution in [0, 0.1) is 23.6 Å². The van der Waals surface area contributed by atoms with E-state index in [1.807, 2.05) is 0 Å². The van der Waals surface area contributed by atoms with Crippen LogP contribution in [0.15, 0.2) is 22.7 Å². The van der Waals surface area contributed by atoms with E-state index in [1.54, 1.807) is 6.07 Å². The van der Waals surface area contributed by atoms with Crippen molar-refractivity contribution in [3.05, 3.63) is 34.1 Å². The Hall–Kier alpha value is -1.43. The number of carbonyl (C=O) groups is 2. The zero-order valence-electron chi connectivity index (χ0n) is 11.2. The average molecular weight is 356 g/mol. The molecule has 2 aliphatic carbocycles. The lowest BCUT2D eigenvalue weighted by Gasteiger charge is -2.29. The lowest BCUT2D eigenvalue weighted by atomic mass is 9.84. The van der Waals surface area contributed by atoms with E-state index in [-0.39, 0.29) is 17.4 Å². The van der Waals surface area contributed by atoms with Gasteiger partial charge in [-0.05, 0) is 59.2 Å². The summed E-state index contributed by atoms with van der Waals surface area (Å²) in [6.07, 6.45) is 2.66. The highest BCUT2D eigenvalue weighted by Gasteiger charge is 2.51. The molecule has 0 radical (unpaired) electrons. The number of aliphatic carboxylic acids is 1. The summed E-state index contributed by atoms with van der Waals surface area (Å²) < 4.78 is 14.2. The number of benzene rings is 1. The minimum Gasteiger partial charge on any atom is -0.481 e. The largest absolute Gasteiger partial charge is 0.481 e. The first-order chi connectivity index (χ1) is 9.99. The van der Waals surface area contributed by atoms with Crippen LogP contribution in [0.25, 0.3) is 0 Å². The van der Waals surface area contributed by atoms with Gasteiger partial charge in [-0.25, -0.2) is 4.39 Å². The van der Waals surface area contributed by atoms with E-state index in [0.717, 1.165) is 19.3 Å². The number of hydrogen-bond acceptors (Lipinski definition) is 2. The summed E-state index contributed by atoms with van der Waals surface area (Å²) in [7, 11) is 0. The quantitative estimate of drug-likeness (QED) is 0.875. The minimum atomic E-state index is -0.875. The highest BCUT2D eigenvalue weighted by atomic mass is 79.9. The van der Waals surface area contributed by atoms with Crippen molar-refractivity contribution in [2.75, 3.05) is 0 Å². The van der Waals surface area contributed by atoms with Crippen molar-refractivity contribution in [3.8, 4) is 0 Å². The molecule has 4 unspecified atom stereocenters. The van der Waals surface area contributed by atoms with Crippen LogP contribution in [-0.2, 0) is 4.79 Å². The molecule has 0 spiro atoms. The standard InChI is InChI=1S/C15H15BrFNO3/c16-9-2-1-3-10(17)12(9)14(19)18-13-8-5-4-7(6-8)11(13)15(20)21/h1-3,7-8,11,13H,4-6H2,(H,18,19)(H,20,21). The van der Waals surface area contributed by atoms with Crippen LogP contribution < -0.4 is 5.32 Å². The van der Waals surface area contributed by atoms with E-state index in [1.165, 1.54) is 12.1 Å². The highest BCUT2D eigenvalue weighted by molar-refractivity contribution is 9.10. The molecule has 2 aliphatic rings. The molecule has 6 heteroatoms. The average Bonchev–Trinajstić information content (AvgIpc) is 2.98. The molecular weight excluding hydrogens is 341 g/mol. The maximum atomic E-state index is 13.8. The fraction of sp³-hybridized carbons (Fsp3) is 0.467. The Morgan fingerprint density at radius 1 is 1.29 bits per heavy atom. The molecule has 1 aromatic carbocycles. The van der Waals surface area contributed by atoms with Crippen LogP contribution in [0.1, 0.15) is 29.6 Å². The van der Waals surface area contributed by atoms with Gasteiger partial charge in [-0.15, -0.1) is 0 Å². The number of carbonyl (C=O) groups excluding carboxylic acids is 1. The van der Waals surface area contributed by atoms with Crippen molar-refractivity contribution >= 4 is 27.8 Å². The Labute approximate surface area is 129 Å². The van der Waals surface area contributed by atoms with E-state index in [0.29, 0.717) is 4.47 Å². The van der Waals surface area contributed by atoms with Gasteiger partial charge in [0.05, 0.1) is 11.5 Å². The number of fused-ring (bicyclic) bond motifs is 2. The van der Waals surface area contributed by atoms with Crippen LogP contribution in [-0.4, -0.2) is 23.0 Å². The molecule has 1 aromatic rings.